The second-order valence-electron chi connectivity index (χ2n) is 6.96. The van der Waals surface area contributed by atoms with Gasteiger partial charge in [0.25, 0.3) is 5.91 Å². The molecule has 6 nitrogen and oxygen atoms in total. The van der Waals surface area contributed by atoms with Crippen molar-refractivity contribution in [3.63, 3.8) is 0 Å². The Morgan fingerprint density at radius 3 is 2.44 bits per heavy atom. The summed E-state index contributed by atoms with van der Waals surface area (Å²) in [6.45, 7) is 2.78. The van der Waals surface area contributed by atoms with Crippen LogP contribution in [-0.2, 0) is 4.74 Å². The molecule has 0 radical (unpaired) electrons. The number of benzene rings is 2. The van der Waals surface area contributed by atoms with Crippen molar-refractivity contribution in [2.24, 2.45) is 0 Å². The molecule has 1 amide bonds. The summed E-state index contributed by atoms with van der Waals surface area (Å²) in [5.41, 5.74) is 2.25. The summed E-state index contributed by atoms with van der Waals surface area (Å²) in [6, 6.07) is 13.7. The molecule has 1 saturated heterocycles. The average Bonchev–Trinajstić information content (AvgIpc) is 3.24. The predicted molar refractivity (Wildman–Crippen MR) is 132 cm³/mol. The van der Waals surface area contributed by atoms with Crippen molar-refractivity contribution in [3.8, 4) is 11.3 Å². The van der Waals surface area contributed by atoms with E-state index in [2.05, 4.69) is 15.5 Å². The molecule has 2 aromatic carbocycles. The van der Waals surface area contributed by atoms with Crippen molar-refractivity contribution in [2.45, 2.75) is 0 Å². The first-order valence-corrected chi connectivity index (χ1v) is 11.2. The zero-order valence-electron chi connectivity index (χ0n) is 16.7. The first-order valence-electron chi connectivity index (χ1n) is 9.70. The van der Waals surface area contributed by atoms with Crippen molar-refractivity contribution in [3.05, 3.63) is 69.4 Å². The number of hydrogen-bond acceptors (Lipinski definition) is 5. The topological polar surface area (TPSA) is 66.7 Å². The van der Waals surface area contributed by atoms with Crippen LogP contribution in [0, 0.1) is 0 Å². The molecule has 0 bridgehead atoms. The lowest BCUT2D eigenvalue weighted by molar-refractivity contribution is 0.0951. The number of nitrogens with one attached hydrogen (secondary N) is 2. The van der Waals surface area contributed by atoms with E-state index in [4.69, 9.17) is 56.2 Å². The Balaban J connectivity index is 1.45. The van der Waals surface area contributed by atoms with Gasteiger partial charge in [-0.2, -0.15) is 0 Å². The second kappa shape index (κ2) is 10.1. The van der Waals surface area contributed by atoms with E-state index in [-0.39, 0.29) is 10.9 Å². The van der Waals surface area contributed by atoms with Gasteiger partial charge in [-0.15, -0.1) is 0 Å². The lowest BCUT2D eigenvalue weighted by Crippen LogP contribution is -2.38. The van der Waals surface area contributed by atoms with Crippen LogP contribution in [0.4, 0.5) is 11.4 Å². The molecule has 0 unspecified atom stereocenters. The zero-order chi connectivity index (χ0) is 22.7. The predicted octanol–water partition coefficient (Wildman–Crippen LogP) is 5.87. The molecule has 1 aliphatic heterocycles. The second-order valence-corrected chi connectivity index (χ2v) is 8.65. The Kier molecular flexibility index (Phi) is 7.23. The van der Waals surface area contributed by atoms with Crippen molar-refractivity contribution < 1.29 is 13.9 Å². The summed E-state index contributed by atoms with van der Waals surface area (Å²) in [5.74, 6) is 0.0450. The van der Waals surface area contributed by atoms with Gasteiger partial charge in [0, 0.05) is 28.7 Å². The first kappa shape index (κ1) is 22.9. The molecule has 1 aliphatic rings. The molecule has 2 heterocycles. The van der Waals surface area contributed by atoms with Crippen LogP contribution >= 0.6 is 47.0 Å². The highest BCUT2D eigenvalue weighted by molar-refractivity contribution is 7.80. The average molecular weight is 511 g/mol. The Bertz CT molecular complexity index is 1160. The molecule has 0 spiro atoms. The van der Waals surface area contributed by atoms with Crippen LogP contribution in [0.2, 0.25) is 15.1 Å². The summed E-state index contributed by atoms with van der Waals surface area (Å²) in [6.07, 6.45) is 0. The molecule has 0 aliphatic carbocycles. The number of amides is 1. The number of ether oxygens (including phenoxy) is 1. The van der Waals surface area contributed by atoms with Gasteiger partial charge in [0.15, 0.2) is 10.9 Å². The van der Waals surface area contributed by atoms with Crippen molar-refractivity contribution in [2.75, 3.05) is 36.5 Å². The van der Waals surface area contributed by atoms with Crippen LogP contribution in [0.15, 0.2) is 52.9 Å². The van der Waals surface area contributed by atoms with E-state index >= 15 is 0 Å². The quantitative estimate of drug-likeness (QED) is 0.428. The number of carbonyl (C=O) groups excluding carboxylic acids is 1. The monoisotopic (exact) mass is 509 g/mol. The number of carbonyl (C=O) groups is 1. The van der Waals surface area contributed by atoms with Crippen LogP contribution in [0.5, 0.6) is 0 Å². The maximum absolute atomic E-state index is 12.6. The number of morpholine rings is 1. The summed E-state index contributed by atoms with van der Waals surface area (Å²) >= 11 is 23.7. The first-order chi connectivity index (χ1) is 15.4. The van der Waals surface area contributed by atoms with E-state index in [9.17, 15) is 4.79 Å². The maximum Gasteiger partial charge on any atom is 0.293 e. The highest BCUT2D eigenvalue weighted by Crippen LogP contribution is 2.32. The van der Waals surface area contributed by atoms with Crippen LogP contribution in [0.25, 0.3) is 11.3 Å². The maximum atomic E-state index is 12.6. The van der Waals surface area contributed by atoms with E-state index in [1.165, 1.54) is 0 Å². The third-order valence-electron chi connectivity index (χ3n) is 4.81. The third kappa shape index (κ3) is 5.36. The van der Waals surface area contributed by atoms with Gasteiger partial charge in [0.1, 0.15) is 5.76 Å². The number of nitrogens with zero attached hydrogens (tertiary/aromatic N) is 1. The fourth-order valence-electron chi connectivity index (χ4n) is 3.30. The number of hydrogen-bond donors (Lipinski definition) is 2. The molecule has 0 atom stereocenters. The number of halogens is 3. The normalized spacial score (nSPS) is 13.7. The van der Waals surface area contributed by atoms with Gasteiger partial charge in [-0.3, -0.25) is 10.1 Å². The van der Waals surface area contributed by atoms with Crippen molar-refractivity contribution >= 4 is 69.4 Å². The van der Waals surface area contributed by atoms with Crippen LogP contribution in [0.1, 0.15) is 10.6 Å². The molecule has 2 N–H and O–H groups in total. The van der Waals surface area contributed by atoms with Crippen molar-refractivity contribution in [1.29, 1.82) is 0 Å². The highest BCUT2D eigenvalue weighted by Gasteiger charge is 2.18. The van der Waals surface area contributed by atoms with E-state index in [1.807, 2.05) is 12.1 Å². The van der Waals surface area contributed by atoms with Gasteiger partial charge in [0.05, 0.1) is 29.6 Å². The van der Waals surface area contributed by atoms with E-state index in [1.54, 1.807) is 36.4 Å². The van der Waals surface area contributed by atoms with Crippen LogP contribution in [0.3, 0.4) is 0 Å². The van der Waals surface area contributed by atoms with E-state index in [0.717, 1.165) is 18.8 Å². The van der Waals surface area contributed by atoms with Gasteiger partial charge in [-0.25, -0.2) is 0 Å². The van der Waals surface area contributed by atoms with Gasteiger partial charge < -0.3 is 19.4 Å². The fourth-order valence-corrected chi connectivity index (χ4v) is 4.18. The van der Waals surface area contributed by atoms with Gasteiger partial charge in [-0.1, -0.05) is 34.8 Å². The summed E-state index contributed by atoms with van der Waals surface area (Å²) in [7, 11) is 0. The molecule has 1 aromatic heterocycles. The summed E-state index contributed by atoms with van der Waals surface area (Å²) in [4.78, 5) is 14.8. The third-order valence-corrected chi connectivity index (χ3v) is 5.80. The minimum atomic E-state index is -0.492. The Morgan fingerprint density at radius 1 is 0.969 bits per heavy atom. The smallest absolute Gasteiger partial charge is 0.293 e. The number of furan rings is 1. The Morgan fingerprint density at radius 2 is 1.69 bits per heavy atom. The van der Waals surface area contributed by atoms with Gasteiger partial charge in [-0.05, 0) is 60.7 Å². The largest absolute Gasteiger partial charge is 0.451 e. The SMILES string of the molecule is O=C(NC(=S)Nc1cc(Cl)ccc1N1CCOCC1)c1ccc(-c2ccc(Cl)cc2Cl)o1. The lowest BCUT2D eigenvalue weighted by Gasteiger charge is -2.30. The Hall–Kier alpha value is -2.29. The van der Waals surface area contributed by atoms with Crippen LogP contribution < -0.4 is 15.5 Å². The highest BCUT2D eigenvalue weighted by atomic mass is 35.5. The standard InChI is InChI=1S/C22H18Cl3N3O3S/c23-13-1-3-15(16(25)11-13)19-5-6-20(31-19)21(29)27-22(32)26-17-12-14(24)2-4-18(17)28-7-9-30-10-8-28/h1-6,11-12H,7-10H2,(H2,26,27,29,32). The molecule has 4 rings (SSSR count). The Labute approximate surface area is 205 Å². The molecule has 166 valence electrons. The van der Waals surface area contributed by atoms with Crippen molar-refractivity contribution in [1.82, 2.24) is 5.32 Å². The fraction of sp³-hybridized carbons (Fsp3) is 0.182. The number of thiocarbonyl (C=S) groups is 1. The molecular formula is C22H18Cl3N3O3S. The molecular weight excluding hydrogens is 493 g/mol. The minimum absolute atomic E-state index is 0.0923. The van der Waals surface area contributed by atoms with Crippen LogP contribution in [-0.4, -0.2) is 37.3 Å². The molecule has 3 aromatic rings. The lowest BCUT2D eigenvalue weighted by atomic mass is 10.2. The van der Waals surface area contributed by atoms with E-state index < -0.39 is 5.91 Å². The molecule has 10 heteroatoms. The minimum Gasteiger partial charge on any atom is -0.451 e. The van der Waals surface area contributed by atoms with Gasteiger partial charge in [0.2, 0.25) is 0 Å². The molecule has 0 saturated carbocycles. The number of rotatable bonds is 4. The molecule has 32 heavy (non-hydrogen) atoms. The van der Waals surface area contributed by atoms with E-state index in [0.29, 0.717) is 45.3 Å². The zero-order valence-corrected chi connectivity index (χ0v) is 19.7. The number of anilines is 2. The summed E-state index contributed by atoms with van der Waals surface area (Å²) < 4.78 is 11.1. The van der Waals surface area contributed by atoms with Gasteiger partial charge >= 0.3 is 0 Å². The molecule has 1 fully saturated rings. The summed E-state index contributed by atoms with van der Waals surface area (Å²) in [5, 5.41) is 7.29.